The van der Waals surface area contributed by atoms with Crippen LogP contribution in [0.5, 0.6) is 0 Å². The fourth-order valence-electron chi connectivity index (χ4n) is 1.49. The molecule has 1 rings (SSSR count). The lowest BCUT2D eigenvalue weighted by molar-refractivity contribution is 0.460. The number of hydrogen-bond donors (Lipinski definition) is 1. The monoisotopic (exact) mass is 167 g/mol. The summed E-state index contributed by atoms with van der Waals surface area (Å²) >= 11 is 0. The van der Waals surface area contributed by atoms with Crippen molar-refractivity contribution in [1.29, 1.82) is 0 Å². The number of imidazole rings is 1. The van der Waals surface area contributed by atoms with Crippen molar-refractivity contribution in [3.8, 4) is 0 Å². The maximum absolute atomic E-state index is 5.97. The summed E-state index contributed by atoms with van der Waals surface area (Å²) in [6.07, 6.45) is 4.08. The predicted molar refractivity (Wildman–Crippen MR) is 49.8 cm³/mol. The van der Waals surface area contributed by atoms with Gasteiger partial charge in [-0.25, -0.2) is 4.98 Å². The number of nitrogens with two attached hydrogens (primary N) is 1. The molecule has 0 saturated heterocycles. The van der Waals surface area contributed by atoms with E-state index < -0.39 is 0 Å². The molecular formula is C9H17N3. The van der Waals surface area contributed by atoms with Gasteiger partial charge in [-0.05, 0) is 20.3 Å². The van der Waals surface area contributed by atoms with Crippen molar-refractivity contribution < 1.29 is 0 Å². The van der Waals surface area contributed by atoms with Crippen LogP contribution in [0.15, 0.2) is 6.20 Å². The van der Waals surface area contributed by atoms with E-state index in [0.717, 1.165) is 24.4 Å². The van der Waals surface area contributed by atoms with Crippen LogP contribution in [-0.2, 0) is 0 Å². The highest BCUT2D eigenvalue weighted by molar-refractivity contribution is 5.03. The molecule has 1 aromatic rings. The molecule has 0 amide bonds. The number of nitrogens with zero attached hydrogens (tertiary/aromatic N) is 2. The highest BCUT2D eigenvalue weighted by Gasteiger charge is 2.08. The van der Waals surface area contributed by atoms with Crippen molar-refractivity contribution in [2.24, 2.45) is 5.73 Å². The van der Waals surface area contributed by atoms with Crippen molar-refractivity contribution in [2.75, 3.05) is 0 Å². The maximum Gasteiger partial charge on any atom is 0.107 e. The summed E-state index contributed by atoms with van der Waals surface area (Å²) in [5.74, 6) is 1.01. The van der Waals surface area contributed by atoms with E-state index >= 15 is 0 Å². The van der Waals surface area contributed by atoms with Crippen LogP contribution in [0.3, 0.4) is 0 Å². The molecule has 1 unspecified atom stereocenters. The van der Waals surface area contributed by atoms with Crippen LogP contribution < -0.4 is 5.73 Å². The first kappa shape index (κ1) is 9.26. The molecule has 0 aliphatic carbocycles. The molecule has 12 heavy (non-hydrogen) atoms. The molecule has 1 heterocycles. The zero-order valence-corrected chi connectivity index (χ0v) is 8.04. The number of rotatable bonds is 3. The average Bonchev–Trinajstić information content (AvgIpc) is 2.32. The standard InChI is InChI=1S/C9H17N3/c1-4-5-9(10)12-7(2)6-11-8(12)3/h6,9H,4-5,10H2,1-3H3. The smallest absolute Gasteiger partial charge is 0.107 e. The number of aromatic nitrogens is 2. The Morgan fingerprint density at radius 3 is 2.67 bits per heavy atom. The maximum atomic E-state index is 5.97. The molecule has 3 heteroatoms. The van der Waals surface area contributed by atoms with Crippen LogP contribution in [0.2, 0.25) is 0 Å². The van der Waals surface area contributed by atoms with Crippen LogP contribution in [0.4, 0.5) is 0 Å². The quantitative estimate of drug-likeness (QED) is 0.745. The third-order valence-corrected chi connectivity index (χ3v) is 2.08. The summed E-state index contributed by atoms with van der Waals surface area (Å²) in [6, 6.07) is 0. The van der Waals surface area contributed by atoms with Crippen LogP contribution in [-0.4, -0.2) is 9.55 Å². The van der Waals surface area contributed by atoms with Gasteiger partial charge in [-0.2, -0.15) is 0 Å². The SMILES string of the molecule is CCCC(N)n1c(C)cnc1C. The van der Waals surface area contributed by atoms with Crippen LogP contribution in [0, 0.1) is 13.8 Å². The van der Waals surface area contributed by atoms with Gasteiger partial charge in [0.05, 0.1) is 6.17 Å². The largest absolute Gasteiger partial charge is 0.317 e. The summed E-state index contributed by atoms with van der Waals surface area (Å²) < 4.78 is 2.09. The van der Waals surface area contributed by atoms with Gasteiger partial charge in [0.1, 0.15) is 5.82 Å². The van der Waals surface area contributed by atoms with E-state index in [0.29, 0.717) is 0 Å². The van der Waals surface area contributed by atoms with Gasteiger partial charge in [0, 0.05) is 11.9 Å². The summed E-state index contributed by atoms with van der Waals surface area (Å²) in [5, 5.41) is 0. The van der Waals surface area contributed by atoms with Gasteiger partial charge in [0.15, 0.2) is 0 Å². The molecule has 1 aromatic heterocycles. The molecular weight excluding hydrogens is 150 g/mol. The van der Waals surface area contributed by atoms with Crippen molar-refractivity contribution in [3.05, 3.63) is 17.7 Å². The molecule has 0 fully saturated rings. The van der Waals surface area contributed by atoms with Crippen molar-refractivity contribution in [1.82, 2.24) is 9.55 Å². The first-order chi connectivity index (χ1) is 5.66. The second kappa shape index (κ2) is 3.72. The van der Waals surface area contributed by atoms with Gasteiger partial charge in [-0.1, -0.05) is 13.3 Å². The fraction of sp³-hybridized carbons (Fsp3) is 0.667. The van der Waals surface area contributed by atoms with Gasteiger partial charge in [-0.3, -0.25) is 0 Å². The Balaban J connectivity index is 2.85. The van der Waals surface area contributed by atoms with Crippen molar-refractivity contribution in [3.63, 3.8) is 0 Å². The Bertz CT molecular complexity index is 233. The molecule has 2 N–H and O–H groups in total. The summed E-state index contributed by atoms with van der Waals surface area (Å²) in [7, 11) is 0. The van der Waals surface area contributed by atoms with E-state index in [2.05, 4.69) is 16.5 Å². The molecule has 0 bridgehead atoms. The molecule has 0 saturated carbocycles. The third kappa shape index (κ3) is 1.67. The zero-order chi connectivity index (χ0) is 9.14. The Labute approximate surface area is 73.6 Å². The molecule has 0 aromatic carbocycles. The summed E-state index contributed by atoms with van der Waals surface area (Å²) in [5.41, 5.74) is 7.12. The molecule has 0 aliphatic heterocycles. The van der Waals surface area contributed by atoms with E-state index in [9.17, 15) is 0 Å². The van der Waals surface area contributed by atoms with Gasteiger partial charge in [0.2, 0.25) is 0 Å². The predicted octanol–water partition coefficient (Wildman–Crippen LogP) is 1.76. The van der Waals surface area contributed by atoms with E-state index in [1.54, 1.807) is 0 Å². The van der Waals surface area contributed by atoms with Gasteiger partial charge >= 0.3 is 0 Å². The lowest BCUT2D eigenvalue weighted by Crippen LogP contribution is -2.20. The Hall–Kier alpha value is -0.830. The molecule has 0 aliphatic rings. The normalized spacial score (nSPS) is 13.3. The van der Waals surface area contributed by atoms with Crippen LogP contribution in [0.1, 0.15) is 37.4 Å². The lowest BCUT2D eigenvalue weighted by atomic mass is 10.2. The van der Waals surface area contributed by atoms with E-state index in [-0.39, 0.29) is 6.17 Å². The minimum Gasteiger partial charge on any atom is -0.317 e. The molecule has 0 spiro atoms. The average molecular weight is 167 g/mol. The first-order valence-electron chi connectivity index (χ1n) is 4.42. The Morgan fingerprint density at radius 1 is 1.58 bits per heavy atom. The lowest BCUT2D eigenvalue weighted by Gasteiger charge is -2.15. The Morgan fingerprint density at radius 2 is 2.25 bits per heavy atom. The molecule has 0 radical (unpaired) electrons. The minimum absolute atomic E-state index is 0.0949. The van der Waals surface area contributed by atoms with Gasteiger partial charge in [-0.15, -0.1) is 0 Å². The number of hydrogen-bond acceptors (Lipinski definition) is 2. The zero-order valence-electron chi connectivity index (χ0n) is 8.04. The Kier molecular flexibility index (Phi) is 2.87. The van der Waals surface area contributed by atoms with Crippen LogP contribution in [0.25, 0.3) is 0 Å². The first-order valence-corrected chi connectivity index (χ1v) is 4.42. The summed E-state index contributed by atoms with van der Waals surface area (Å²) in [4.78, 5) is 4.20. The second-order valence-electron chi connectivity index (χ2n) is 3.17. The van der Waals surface area contributed by atoms with Crippen molar-refractivity contribution >= 4 is 0 Å². The van der Waals surface area contributed by atoms with E-state index in [4.69, 9.17) is 5.73 Å². The van der Waals surface area contributed by atoms with E-state index in [1.807, 2.05) is 20.0 Å². The third-order valence-electron chi connectivity index (χ3n) is 2.08. The van der Waals surface area contributed by atoms with Gasteiger partial charge in [0.25, 0.3) is 0 Å². The highest BCUT2D eigenvalue weighted by atomic mass is 15.2. The minimum atomic E-state index is 0.0949. The fourth-order valence-corrected chi connectivity index (χ4v) is 1.49. The molecule has 3 nitrogen and oxygen atoms in total. The van der Waals surface area contributed by atoms with E-state index in [1.165, 1.54) is 0 Å². The topological polar surface area (TPSA) is 43.8 Å². The van der Waals surface area contributed by atoms with Crippen molar-refractivity contribution in [2.45, 2.75) is 39.8 Å². The highest BCUT2D eigenvalue weighted by Crippen LogP contribution is 2.12. The molecule has 1 atom stereocenters. The number of aryl methyl sites for hydroxylation is 2. The second-order valence-corrected chi connectivity index (χ2v) is 3.17. The molecule has 68 valence electrons. The van der Waals surface area contributed by atoms with Crippen LogP contribution >= 0.6 is 0 Å². The summed E-state index contributed by atoms with van der Waals surface area (Å²) in [6.45, 7) is 6.17. The van der Waals surface area contributed by atoms with Gasteiger partial charge < -0.3 is 10.3 Å².